The number of hydrogen-bond acceptors (Lipinski definition) is 3. The normalized spacial score (nSPS) is 14.0. The SMILES string of the molecule is CN(CCC(=O)O)CCc1ccc2c(c1)CCCN2. The molecule has 0 bridgehead atoms. The number of anilines is 1. The molecule has 0 spiro atoms. The second-order valence-corrected chi connectivity index (χ2v) is 5.22. The largest absolute Gasteiger partial charge is 0.481 e. The van der Waals surface area contributed by atoms with Gasteiger partial charge in [0.1, 0.15) is 0 Å². The molecule has 0 amide bonds. The fourth-order valence-electron chi connectivity index (χ4n) is 2.40. The molecule has 19 heavy (non-hydrogen) atoms. The first kappa shape index (κ1) is 13.9. The van der Waals surface area contributed by atoms with Crippen LogP contribution in [0.1, 0.15) is 24.0 Å². The Hall–Kier alpha value is -1.55. The topological polar surface area (TPSA) is 52.6 Å². The van der Waals surface area contributed by atoms with Crippen LogP contribution >= 0.6 is 0 Å². The molecule has 1 aromatic rings. The van der Waals surface area contributed by atoms with Gasteiger partial charge in [0.2, 0.25) is 0 Å². The first-order valence-electron chi connectivity index (χ1n) is 6.91. The molecule has 1 heterocycles. The van der Waals surface area contributed by atoms with Crippen LogP contribution in [-0.4, -0.2) is 42.7 Å². The molecule has 2 N–H and O–H groups in total. The van der Waals surface area contributed by atoms with Crippen LogP contribution in [0.15, 0.2) is 18.2 Å². The summed E-state index contributed by atoms with van der Waals surface area (Å²) >= 11 is 0. The first-order valence-corrected chi connectivity index (χ1v) is 6.91. The Morgan fingerprint density at radius 2 is 2.26 bits per heavy atom. The molecule has 0 saturated heterocycles. The van der Waals surface area contributed by atoms with Gasteiger partial charge in [-0.15, -0.1) is 0 Å². The zero-order chi connectivity index (χ0) is 13.7. The van der Waals surface area contributed by atoms with Gasteiger partial charge in [-0.3, -0.25) is 4.79 Å². The first-order chi connectivity index (χ1) is 9.15. The van der Waals surface area contributed by atoms with Crippen molar-refractivity contribution in [2.24, 2.45) is 0 Å². The minimum atomic E-state index is -0.730. The van der Waals surface area contributed by atoms with Crippen molar-refractivity contribution in [3.63, 3.8) is 0 Å². The van der Waals surface area contributed by atoms with E-state index < -0.39 is 5.97 Å². The summed E-state index contributed by atoms with van der Waals surface area (Å²) in [5, 5.41) is 12.1. The predicted octanol–water partition coefficient (Wildman–Crippen LogP) is 1.99. The third kappa shape index (κ3) is 4.24. The summed E-state index contributed by atoms with van der Waals surface area (Å²) in [5.41, 5.74) is 4.02. The Kier molecular flexibility index (Phi) is 4.80. The maximum atomic E-state index is 10.5. The third-order valence-corrected chi connectivity index (χ3v) is 3.60. The van der Waals surface area contributed by atoms with Crippen molar-refractivity contribution in [2.45, 2.75) is 25.7 Å². The standard InChI is InChI=1S/C15H22N2O2/c1-17(10-7-15(18)19)9-6-12-4-5-14-13(11-12)3-2-8-16-14/h4-5,11,16H,2-3,6-10H2,1H3,(H,18,19). The van der Waals surface area contributed by atoms with Crippen LogP contribution in [-0.2, 0) is 17.6 Å². The Morgan fingerprint density at radius 1 is 1.42 bits per heavy atom. The van der Waals surface area contributed by atoms with Crippen molar-refractivity contribution < 1.29 is 9.90 Å². The van der Waals surface area contributed by atoms with Crippen LogP contribution in [0.5, 0.6) is 0 Å². The lowest BCUT2D eigenvalue weighted by molar-refractivity contribution is -0.137. The lowest BCUT2D eigenvalue weighted by atomic mass is 9.99. The number of hydrogen-bond donors (Lipinski definition) is 2. The molecule has 0 radical (unpaired) electrons. The number of carboxylic acids is 1. The molecule has 104 valence electrons. The minimum absolute atomic E-state index is 0.213. The van der Waals surface area contributed by atoms with E-state index >= 15 is 0 Å². The van der Waals surface area contributed by atoms with Crippen LogP contribution in [0, 0.1) is 0 Å². The Balaban J connectivity index is 1.84. The van der Waals surface area contributed by atoms with Crippen LogP contribution in [0.2, 0.25) is 0 Å². The zero-order valence-corrected chi connectivity index (χ0v) is 11.5. The highest BCUT2D eigenvalue weighted by Gasteiger charge is 2.09. The van der Waals surface area contributed by atoms with Crippen molar-refractivity contribution in [3.8, 4) is 0 Å². The number of nitrogens with zero attached hydrogens (tertiary/aromatic N) is 1. The van der Waals surface area contributed by atoms with E-state index in [1.54, 1.807) is 0 Å². The van der Waals surface area contributed by atoms with E-state index in [9.17, 15) is 4.79 Å². The Labute approximate surface area is 114 Å². The fraction of sp³-hybridized carbons (Fsp3) is 0.533. The van der Waals surface area contributed by atoms with E-state index in [0.717, 1.165) is 25.9 Å². The maximum absolute atomic E-state index is 10.5. The quantitative estimate of drug-likeness (QED) is 0.823. The summed E-state index contributed by atoms with van der Waals surface area (Å²) in [5.74, 6) is -0.730. The van der Waals surface area contributed by atoms with E-state index in [2.05, 4.69) is 28.4 Å². The molecule has 0 unspecified atom stereocenters. The van der Waals surface area contributed by atoms with Crippen LogP contribution < -0.4 is 5.32 Å². The van der Waals surface area contributed by atoms with E-state index in [-0.39, 0.29) is 6.42 Å². The number of aliphatic carboxylic acids is 1. The summed E-state index contributed by atoms with van der Waals surface area (Å²) in [6.07, 6.45) is 3.55. The van der Waals surface area contributed by atoms with E-state index in [4.69, 9.17) is 5.11 Å². The van der Waals surface area contributed by atoms with Crippen molar-refractivity contribution in [3.05, 3.63) is 29.3 Å². The van der Waals surface area contributed by atoms with Gasteiger partial charge >= 0.3 is 5.97 Å². The lowest BCUT2D eigenvalue weighted by Crippen LogP contribution is -2.24. The highest BCUT2D eigenvalue weighted by atomic mass is 16.4. The van der Waals surface area contributed by atoms with Gasteiger partial charge in [-0.25, -0.2) is 0 Å². The number of rotatable bonds is 6. The van der Waals surface area contributed by atoms with Crippen molar-refractivity contribution >= 4 is 11.7 Å². The molecule has 0 atom stereocenters. The molecular weight excluding hydrogens is 240 g/mol. The average Bonchev–Trinajstić information content (AvgIpc) is 2.42. The number of carboxylic acid groups (broad SMARTS) is 1. The highest BCUT2D eigenvalue weighted by molar-refractivity contribution is 5.66. The molecule has 2 rings (SSSR count). The highest BCUT2D eigenvalue weighted by Crippen LogP contribution is 2.23. The molecule has 0 saturated carbocycles. The van der Waals surface area contributed by atoms with Crippen LogP contribution in [0.25, 0.3) is 0 Å². The summed E-state index contributed by atoms with van der Waals surface area (Å²) in [7, 11) is 1.98. The molecule has 4 heteroatoms. The molecule has 0 aliphatic carbocycles. The lowest BCUT2D eigenvalue weighted by Gasteiger charge is -2.20. The van der Waals surface area contributed by atoms with Crippen molar-refractivity contribution in [1.82, 2.24) is 4.90 Å². The summed E-state index contributed by atoms with van der Waals surface area (Å²) in [6.45, 7) is 2.59. The van der Waals surface area contributed by atoms with Crippen molar-refractivity contribution in [1.29, 1.82) is 0 Å². The molecule has 1 aliphatic rings. The number of fused-ring (bicyclic) bond motifs is 1. The summed E-state index contributed by atoms with van der Waals surface area (Å²) in [4.78, 5) is 12.6. The average molecular weight is 262 g/mol. The Morgan fingerprint density at radius 3 is 3.05 bits per heavy atom. The predicted molar refractivity (Wildman–Crippen MR) is 76.7 cm³/mol. The fourth-order valence-corrected chi connectivity index (χ4v) is 2.40. The number of benzene rings is 1. The van der Waals surface area contributed by atoms with E-state index in [0.29, 0.717) is 6.54 Å². The molecule has 0 fully saturated rings. The van der Waals surface area contributed by atoms with Crippen LogP contribution in [0.3, 0.4) is 0 Å². The maximum Gasteiger partial charge on any atom is 0.304 e. The van der Waals surface area contributed by atoms with Gasteiger partial charge < -0.3 is 15.3 Å². The molecule has 1 aliphatic heterocycles. The second-order valence-electron chi connectivity index (χ2n) is 5.22. The number of likely N-dealkylation sites (N-methyl/N-ethyl adjacent to an activating group) is 1. The summed E-state index contributed by atoms with van der Waals surface area (Å²) < 4.78 is 0. The number of carbonyl (C=O) groups is 1. The van der Waals surface area contributed by atoms with Crippen LogP contribution in [0.4, 0.5) is 5.69 Å². The van der Waals surface area contributed by atoms with Gasteiger partial charge in [0.15, 0.2) is 0 Å². The molecule has 1 aromatic carbocycles. The van der Waals surface area contributed by atoms with E-state index in [1.807, 2.05) is 7.05 Å². The summed E-state index contributed by atoms with van der Waals surface area (Å²) in [6, 6.07) is 6.62. The Bertz CT molecular complexity index is 446. The van der Waals surface area contributed by atoms with Gasteiger partial charge in [0.05, 0.1) is 6.42 Å². The van der Waals surface area contributed by atoms with Gasteiger partial charge in [-0.2, -0.15) is 0 Å². The van der Waals surface area contributed by atoms with Gasteiger partial charge in [0, 0.05) is 25.3 Å². The van der Waals surface area contributed by atoms with E-state index in [1.165, 1.54) is 23.2 Å². The smallest absolute Gasteiger partial charge is 0.304 e. The monoisotopic (exact) mass is 262 g/mol. The molecule has 4 nitrogen and oxygen atoms in total. The number of aryl methyl sites for hydroxylation is 1. The van der Waals surface area contributed by atoms with Gasteiger partial charge in [-0.1, -0.05) is 12.1 Å². The zero-order valence-electron chi connectivity index (χ0n) is 11.5. The number of nitrogens with one attached hydrogen (secondary N) is 1. The van der Waals surface area contributed by atoms with Gasteiger partial charge in [0.25, 0.3) is 0 Å². The van der Waals surface area contributed by atoms with Gasteiger partial charge in [-0.05, 0) is 43.5 Å². The second kappa shape index (κ2) is 6.57. The molecule has 0 aromatic heterocycles. The minimum Gasteiger partial charge on any atom is -0.481 e. The third-order valence-electron chi connectivity index (χ3n) is 3.60. The van der Waals surface area contributed by atoms with Crippen molar-refractivity contribution in [2.75, 3.05) is 32.0 Å². The molecular formula is C15H22N2O2.